The van der Waals surface area contributed by atoms with Gasteiger partial charge >= 0.3 is 0 Å². The van der Waals surface area contributed by atoms with Gasteiger partial charge in [-0.3, -0.25) is 4.79 Å². The maximum Gasteiger partial charge on any atom is 0.257 e. The number of nitrogens with one attached hydrogen (secondary N) is 2. The smallest absolute Gasteiger partial charge is 0.257 e. The Hall–Kier alpha value is -3.48. The molecular weight excluding hydrogens is 364 g/mol. The molecule has 28 heavy (non-hydrogen) atoms. The van der Waals surface area contributed by atoms with E-state index in [2.05, 4.69) is 15.6 Å². The number of carbonyl (C=O) groups excluding carboxylic acids is 1. The molecule has 0 saturated heterocycles. The van der Waals surface area contributed by atoms with Gasteiger partial charge in [0.25, 0.3) is 5.91 Å². The maximum absolute atomic E-state index is 13.6. The third-order valence-electron chi connectivity index (χ3n) is 4.11. The number of hydrogen-bond donors (Lipinski definition) is 2. The van der Waals surface area contributed by atoms with Crippen molar-refractivity contribution in [3.63, 3.8) is 0 Å². The van der Waals surface area contributed by atoms with Gasteiger partial charge in [-0.25, -0.2) is 13.8 Å². The van der Waals surface area contributed by atoms with Crippen molar-refractivity contribution >= 4 is 17.4 Å². The number of nitrogens with zero attached hydrogens (tertiary/aromatic N) is 1. The molecule has 0 saturated carbocycles. The van der Waals surface area contributed by atoms with Crippen molar-refractivity contribution in [2.24, 2.45) is 0 Å². The molecule has 0 spiro atoms. The van der Waals surface area contributed by atoms with Crippen LogP contribution in [0.2, 0.25) is 0 Å². The Labute approximate surface area is 161 Å². The standard InChI is InChI=1S/C21H19F2N3O2/c1-28-16-8-5-14(6-9-16)11-12-24-19-10-7-15(13-25-19)21(27)26-20-17(22)3-2-4-18(20)23/h2-10,13H,11-12H2,1H3,(H,24,25)(H,26,27). The molecule has 0 atom stereocenters. The van der Waals surface area contributed by atoms with Crippen LogP contribution >= 0.6 is 0 Å². The highest BCUT2D eigenvalue weighted by molar-refractivity contribution is 6.04. The van der Waals surface area contributed by atoms with Gasteiger partial charge in [0.1, 0.15) is 28.9 Å². The van der Waals surface area contributed by atoms with E-state index in [9.17, 15) is 13.6 Å². The second-order valence-electron chi connectivity index (χ2n) is 6.01. The zero-order valence-electron chi connectivity index (χ0n) is 15.2. The summed E-state index contributed by atoms with van der Waals surface area (Å²) in [5.74, 6) is -0.901. The largest absolute Gasteiger partial charge is 0.497 e. The molecule has 0 aliphatic carbocycles. The molecule has 0 bridgehead atoms. The SMILES string of the molecule is COc1ccc(CCNc2ccc(C(=O)Nc3c(F)cccc3F)cn2)cc1. The number of anilines is 2. The Morgan fingerprint density at radius 3 is 2.36 bits per heavy atom. The monoisotopic (exact) mass is 383 g/mol. The molecule has 0 unspecified atom stereocenters. The van der Waals surface area contributed by atoms with Gasteiger partial charge in [-0.05, 0) is 48.4 Å². The minimum Gasteiger partial charge on any atom is -0.497 e. The van der Waals surface area contributed by atoms with Gasteiger partial charge in [-0.1, -0.05) is 18.2 Å². The molecule has 3 aromatic rings. The Kier molecular flexibility index (Phi) is 6.16. The summed E-state index contributed by atoms with van der Waals surface area (Å²) >= 11 is 0. The summed E-state index contributed by atoms with van der Waals surface area (Å²) in [5.41, 5.74) is 0.869. The topological polar surface area (TPSA) is 63.2 Å². The van der Waals surface area contributed by atoms with Crippen molar-refractivity contribution in [1.82, 2.24) is 4.98 Å². The fourth-order valence-corrected chi connectivity index (χ4v) is 2.56. The molecule has 5 nitrogen and oxygen atoms in total. The summed E-state index contributed by atoms with van der Waals surface area (Å²) in [6.45, 7) is 0.658. The summed E-state index contributed by atoms with van der Waals surface area (Å²) in [6.07, 6.45) is 2.14. The first-order chi connectivity index (χ1) is 13.6. The summed E-state index contributed by atoms with van der Waals surface area (Å²) in [6, 6.07) is 14.3. The second-order valence-corrected chi connectivity index (χ2v) is 6.01. The predicted molar refractivity (Wildman–Crippen MR) is 104 cm³/mol. The lowest BCUT2D eigenvalue weighted by molar-refractivity contribution is 0.102. The van der Waals surface area contributed by atoms with Crippen LogP contribution in [0.4, 0.5) is 20.3 Å². The van der Waals surface area contributed by atoms with E-state index in [-0.39, 0.29) is 5.56 Å². The van der Waals surface area contributed by atoms with E-state index < -0.39 is 23.2 Å². The number of halogens is 2. The first-order valence-electron chi connectivity index (χ1n) is 8.65. The van der Waals surface area contributed by atoms with E-state index in [1.54, 1.807) is 13.2 Å². The number of benzene rings is 2. The van der Waals surface area contributed by atoms with Crippen molar-refractivity contribution < 1.29 is 18.3 Å². The van der Waals surface area contributed by atoms with Crippen LogP contribution in [-0.4, -0.2) is 24.5 Å². The number of para-hydroxylation sites is 1. The van der Waals surface area contributed by atoms with Gasteiger partial charge < -0.3 is 15.4 Å². The van der Waals surface area contributed by atoms with Gasteiger partial charge in [0.2, 0.25) is 0 Å². The van der Waals surface area contributed by atoms with Crippen LogP contribution in [0.25, 0.3) is 0 Å². The highest BCUT2D eigenvalue weighted by Crippen LogP contribution is 2.19. The fraction of sp³-hybridized carbons (Fsp3) is 0.143. The molecule has 1 aromatic heterocycles. The quantitative estimate of drug-likeness (QED) is 0.639. The minimum absolute atomic E-state index is 0.198. The zero-order chi connectivity index (χ0) is 19.9. The van der Waals surface area contributed by atoms with Crippen molar-refractivity contribution in [3.05, 3.63) is 83.6 Å². The number of aromatic nitrogens is 1. The second kappa shape index (κ2) is 8.94. The Bertz CT molecular complexity index is 925. The third-order valence-corrected chi connectivity index (χ3v) is 4.11. The average Bonchev–Trinajstić information content (AvgIpc) is 2.72. The summed E-state index contributed by atoms with van der Waals surface area (Å²) in [4.78, 5) is 16.3. The van der Waals surface area contributed by atoms with Crippen molar-refractivity contribution in [3.8, 4) is 5.75 Å². The molecule has 1 amide bonds. The predicted octanol–water partition coefficient (Wildman–Crippen LogP) is 4.28. The number of ether oxygens (including phenoxy) is 1. The number of pyridine rings is 1. The van der Waals surface area contributed by atoms with Gasteiger partial charge in [-0.2, -0.15) is 0 Å². The molecular formula is C21H19F2N3O2. The molecule has 2 aromatic carbocycles. The van der Waals surface area contributed by atoms with E-state index in [4.69, 9.17) is 4.74 Å². The molecule has 0 aliphatic rings. The van der Waals surface area contributed by atoms with Gasteiger partial charge in [0.05, 0.1) is 12.7 Å². The summed E-state index contributed by atoms with van der Waals surface area (Å²) in [5, 5.41) is 5.39. The average molecular weight is 383 g/mol. The van der Waals surface area contributed by atoms with Crippen LogP contribution in [0.15, 0.2) is 60.8 Å². The molecule has 1 heterocycles. The molecule has 3 rings (SSSR count). The number of hydrogen-bond acceptors (Lipinski definition) is 4. The zero-order valence-corrected chi connectivity index (χ0v) is 15.2. The van der Waals surface area contributed by atoms with Crippen molar-refractivity contribution in [2.45, 2.75) is 6.42 Å². The molecule has 2 N–H and O–H groups in total. The number of methoxy groups -OCH3 is 1. The molecule has 0 fully saturated rings. The van der Waals surface area contributed by atoms with Crippen LogP contribution < -0.4 is 15.4 Å². The van der Waals surface area contributed by atoms with Crippen LogP contribution in [0.3, 0.4) is 0 Å². The van der Waals surface area contributed by atoms with E-state index >= 15 is 0 Å². The lowest BCUT2D eigenvalue weighted by atomic mass is 10.1. The maximum atomic E-state index is 13.6. The summed E-state index contributed by atoms with van der Waals surface area (Å²) in [7, 11) is 1.62. The number of rotatable bonds is 7. The molecule has 7 heteroatoms. The number of carbonyl (C=O) groups is 1. The Morgan fingerprint density at radius 2 is 1.75 bits per heavy atom. The highest BCUT2D eigenvalue weighted by Gasteiger charge is 2.13. The molecule has 144 valence electrons. The van der Waals surface area contributed by atoms with Gasteiger partial charge in [0.15, 0.2) is 0 Å². The van der Waals surface area contributed by atoms with E-state index in [0.29, 0.717) is 12.4 Å². The first-order valence-corrected chi connectivity index (χ1v) is 8.65. The highest BCUT2D eigenvalue weighted by atomic mass is 19.1. The van der Waals surface area contributed by atoms with Gasteiger partial charge in [-0.15, -0.1) is 0 Å². The number of amides is 1. The van der Waals surface area contributed by atoms with Crippen molar-refractivity contribution in [2.75, 3.05) is 24.3 Å². The molecule has 0 radical (unpaired) electrons. The van der Waals surface area contributed by atoms with E-state index in [0.717, 1.165) is 29.9 Å². The van der Waals surface area contributed by atoms with Crippen LogP contribution in [-0.2, 0) is 6.42 Å². The van der Waals surface area contributed by atoms with Crippen molar-refractivity contribution in [1.29, 1.82) is 0 Å². The Morgan fingerprint density at radius 1 is 1.04 bits per heavy atom. The third kappa shape index (κ3) is 4.82. The van der Waals surface area contributed by atoms with Crippen LogP contribution in [0.5, 0.6) is 5.75 Å². The lowest BCUT2D eigenvalue weighted by Gasteiger charge is -2.09. The lowest BCUT2D eigenvalue weighted by Crippen LogP contribution is -2.15. The molecule has 0 aliphatic heterocycles. The Balaban J connectivity index is 1.54. The first kappa shape index (κ1) is 19.3. The minimum atomic E-state index is -0.835. The normalized spacial score (nSPS) is 10.4. The van der Waals surface area contributed by atoms with E-state index in [1.165, 1.54) is 18.3 Å². The van der Waals surface area contributed by atoms with Gasteiger partial charge in [0, 0.05) is 12.7 Å². The van der Waals surface area contributed by atoms with Crippen LogP contribution in [0, 0.1) is 11.6 Å². The summed E-state index contributed by atoms with van der Waals surface area (Å²) < 4.78 is 32.4. The van der Waals surface area contributed by atoms with Crippen LogP contribution in [0.1, 0.15) is 15.9 Å². The fourth-order valence-electron chi connectivity index (χ4n) is 2.56. The van der Waals surface area contributed by atoms with E-state index in [1.807, 2.05) is 24.3 Å².